The maximum Gasteiger partial charge on any atom is 0.137 e. The van der Waals surface area contributed by atoms with Gasteiger partial charge in [0.15, 0.2) is 0 Å². The molecular formula is C13H18ClNOS. The molecule has 0 aliphatic carbocycles. The molecule has 1 saturated heterocycles. The van der Waals surface area contributed by atoms with Gasteiger partial charge in [0.1, 0.15) is 5.75 Å². The first-order valence-corrected chi connectivity index (χ1v) is 7.31. The highest BCUT2D eigenvalue weighted by atomic mass is 35.5. The van der Waals surface area contributed by atoms with Gasteiger partial charge in [0.05, 0.1) is 12.1 Å². The Labute approximate surface area is 112 Å². The van der Waals surface area contributed by atoms with Crippen LogP contribution in [-0.2, 0) is 0 Å². The fourth-order valence-electron chi connectivity index (χ4n) is 2.30. The first-order valence-electron chi connectivity index (χ1n) is 5.88. The molecule has 1 fully saturated rings. The molecular weight excluding hydrogens is 254 g/mol. The maximum atomic E-state index is 6.05. The number of ether oxygens (including phenoxy) is 1. The molecule has 0 radical (unpaired) electrons. The zero-order valence-corrected chi connectivity index (χ0v) is 11.8. The van der Waals surface area contributed by atoms with Crippen molar-refractivity contribution in [3.05, 3.63) is 28.8 Å². The second-order valence-corrected chi connectivity index (χ2v) is 5.97. The lowest BCUT2D eigenvalue weighted by Gasteiger charge is -2.23. The van der Waals surface area contributed by atoms with Crippen LogP contribution >= 0.6 is 23.4 Å². The molecule has 1 aromatic carbocycles. The monoisotopic (exact) mass is 271 g/mol. The van der Waals surface area contributed by atoms with E-state index in [9.17, 15) is 0 Å². The number of hydrogen-bond acceptors (Lipinski definition) is 3. The van der Waals surface area contributed by atoms with Crippen molar-refractivity contribution in [2.24, 2.45) is 0 Å². The van der Waals surface area contributed by atoms with Gasteiger partial charge in [-0.1, -0.05) is 17.7 Å². The Morgan fingerprint density at radius 2 is 2.35 bits per heavy atom. The zero-order valence-electron chi connectivity index (χ0n) is 10.2. The summed E-state index contributed by atoms with van der Waals surface area (Å²) in [6, 6.07) is 6.43. The van der Waals surface area contributed by atoms with Gasteiger partial charge in [0.2, 0.25) is 0 Å². The Morgan fingerprint density at radius 1 is 1.53 bits per heavy atom. The first kappa shape index (κ1) is 13.1. The summed E-state index contributed by atoms with van der Waals surface area (Å²) in [4.78, 5) is 0. The predicted octanol–water partition coefficient (Wildman–Crippen LogP) is 3.50. The van der Waals surface area contributed by atoms with Gasteiger partial charge in [0.25, 0.3) is 0 Å². The van der Waals surface area contributed by atoms with E-state index in [0.717, 1.165) is 5.75 Å². The average Bonchev–Trinajstić information content (AvgIpc) is 2.86. The fourth-order valence-corrected chi connectivity index (χ4v) is 3.95. The van der Waals surface area contributed by atoms with Crippen LogP contribution in [0.15, 0.2) is 18.2 Å². The van der Waals surface area contributed by atoms with Crippen LogP contribution in [0.1, 0.15) is 24.4 Å². The second kappa shape index (κ2) is 5.98. The van der Waals surface area contributed by atoms with Gasteiger partial charge in [-0.05, 0) is 43.3 Å². The fraction of sp³-hybridized carbons (Fsp3) is 0.538. The lowest BCUT2D eigenvalue weighted by molar-refractivity contribution is 0.413. The van der Waals surface area contributed by atoms with Crippen LogP contribution in [0.4, 0.5) is 0 Å². The van der Waals surface area contributed by atoms with Crippen molar-refractivity contribution in [2.45, 2.75) is 24.1 Å². The number of hydrogen-bond donors (Lipinski definition) is 1. The van der Waals surface area contributed by atoms with Crippen LogP contribution in [-0.4, -0.2) is 25.2 Å². The topological polar surface area (TPSA) is 21.3 Å². The average molecular weight is 272 g/mol. The SMILES string of the molecule is CNC(c1ccc(Cl)c(OC)c1)C1CCCS1. The standard InChI is InChI=1S/C13H18ClNOS/c1-15-13(12-4-3-7-17-12)9-5-6-10(14)11(8-9)16-2/h5-6,8,12-13,15H,3-4,7H2,1-2H3. The Kier molecular flexibility index (Phi) is 4.60. The summed E-state index contributed by atoms with van der Waals surface area (Å²) in [5, 5.41) is 4.74. The minimum absolute atomic E-state index is 0.383. The molecule has 94 valence electrons. The van der Waals surface area contributed by atoms with E-state index < -0.39 is 0 Å². The van der Waals surface area contributed by atoms with Crippen molar-refractivity contribution in [1.82, 2.24) is 5.32 Å². The van der Waals surface area contributed by atoms with Crippen LogP contribution < -0.4 is 10.1 Å². The maximum absolute atomic E-state index is 6.05. The van der Waals surface area contributed by atoms with Crippen LogP contribution in [0.3, 0.4) is 0 Å². The van der Waals surface area contributed by atoms with Crippen molar-refractivity contribution in [3.8, 4) is 5.75 Å². The first-order chi connectivity index (χ1) is 8.26. The lowest BCUT2D eigenvalue weighted by atomic mass is 10.0. The Hall–Kier alpha value is -0.380. The number of rotatable bonds is 4. The van der Waals surface area contributed by atoms with Crippen molar-refractivity contribution in [2.75, 3.05) is 19.9 Å². The van der Waals surface area contributed by atoms with Gasteiger partial charge >= 0.3 is 0 Å². The Bertz CT molecular complexity index is 380. The molecule has 0 spiro atoms. The summed E-state index contributed by atoms with van der Waals surface area (Å²) in [6.07, 6.45) is 2.60. The largest absolute Gasteiger partial charge is 0.495 e. The molecule has 1 aromatic rings. The molecule has 1 aliphatic heterocycles. The quantitative estimate of drug-likeness (QED) is 0.906. The molecule has 0 amide bonds. The van der Waals surface area contributed by atoms with Crippen molar-refractivity contribution >= 4 is 23.4 Å². The van der Waals surface area contributed by atoms with E-state index in [1.54, 1.807) is 7.11 Å². The Balaban J connectivity index is 2.23. The highest BCUT2D eigenvalue weighted by Gasteiger charge is 2.26. The van der Waals surface area contributed by atoms with Crippen molar-refractivity contribution < 1.29 is 4.74 Å². The lowest BCUT2D eigenvalue weighted by Crippen LogP contribution is -2.25. The van der Waals surface area contributed by atoms with Crippen molar-refractivity contribution in [3.63, 3.8) is 0 Å². The smallest absolute Gasteiger partial charge is 0.137 e. The van der Waals surface area contributed by atoms with E-state index in [-0.39, 0.29) is 0 Å². The number of benzene rings is 1. The molecule has 2 unspecified atom stereocenters. The second-order valence-electron chi connectivity index (χ2n) is 4.21. The van der Waals surface area contributed by atoms with E-state index in [0.29, 0.717) is 16.3 Å². The zero-order chi connectivity index (χ0) is 12.3. The minimum atomic E-state index is 0.383. The molecule has 1 N–H and O–H groups in total. The molecule has 1 heterocycles. The third kappa shape index (κ3) is 2.90. The number of methoxy groups -OCH3 is 1. The minimum Gasteiger partial charge on any atom is -0.495 e. The molecule has 0 bridgehead atoms. The number of nitrogens with one attached hydrogen (secondary N) is 1. The summed E-state index contributed by atoms with van der Waals surface area (Å²) in [5.41, 5.74) is 1.26. The molecule has 2 nitrogen and oxygen atoms in total. The third-order valence-electron chi connectivity index (χ3n) is 3.18. The summed E-state index contributed by atoms with van der Waals surface area (Å²) >= 11 is 8.10. The highest BCUT2D eigenvalue weighted by Crippen LogP contribution is 2.37. The molecule has 2 rings (SSSR count). The van der Waals surface area contributed by atoms with Gasteiger partial charge in [-0.15, -0.1) is 0 Å². The summed E-state index contributed by atoms with van der Waals surface area (Å²) in [6.45, 7) is 0. The van der Waals surface area contributed by atoms with E-state index in [1.807, 2.05) is 19.2 Å². The molecule has 17 heavy (non-hydrogen) atoms. The predicted molar refractivity (Wildman–Crippen MR) is 75.3 cm³/mol. The van der Waals surface area contributed by atoms with Gasteiger partial charge in [0, 0.05) is 11.3 Å². The highest BCUT2D eigenvalue weighted by molar-refractivity contribution is 8.00. The summed E-state index contributed by atoms with van der Waals surface area (Å²) < 4.78 is 5.28. The molecule has 4 heteroatoms. The normalized spacial score (nSPS) is 21.5. The van der Waals surface area contributed by atoms with E-state index in [2.05, 4.69) is 23.1 Å². The van der Waals surface area contributed by atoms with Crippen LogP contribution in [0.5, 0.6) is 5.75 Å². The van der Waals surface area contributed by atoms with Crippen LogP contribution in [0.2, 0.25) is 5.02 Å². The van der Waals surface area contributed by atoms with Gasteiger partial charge < -0.3 is 10.1 Å². The molecule has 1 aliphatic rings. The number of thioether (sulfide) groups is 1. The van der Waals surface area contributed by atoms with E-state index in [4.69, 9.17) is 16.3 Å². The van der Waals surface area contributed by atoms with E-state index >= 15 is 0 Å². The molecule has 0 aromatic heterocycles. The third-order valence-corrected chi connectivity index (χ3v) is 4.95. The van der Waals surface area contributed by atoms with Crippen LogP contribution in [0.25, 0.3) is 0 Å². The molecule has 2 atom stereocenters. The summed E-state index contributed by atoms with van der Waals surface area (Å²) in [5.74, 6) is 2.03. The number of halogens is 1. The Morgan fingerprint density at radius 3 is 2.94 bits per heavy atom. The van der Waals surface area contributed by atoms with Crippen molar-refractivity contribution in [1.29, 1.82) is 0 Å². The van der Waals surface area contributed by atoms with Gasteiger partial charge in [-0.2, -0.15) is 11.8 Å². The molecule has 0 saturated carbocycles. The van der Waals surface area contributed by atoms with Gasteiger partial charge in [-0.3, -0.25) is 0 Å². The summed E-state index contributed by atoms with van der Waals surface area (Å²) in [7, 11) is 3.67. The van der Waals surface area contributed by atoms with Gasteiger partial charge in [-0.25, -0.2) is 0 Å². The van der Waals surface area contributed by atoms with E-state index in [1.165, 1.54) is 24.2 Å². The van der Waals surface area contributed by atoms with Crippen LogP contribution in [0, 0.1) is 0 Å².